The van der Waals surface area contributed by atoms with Crippen LogP contribution in [0, 0.1) is 10.1 Å². The molecule has 0 fully saturated rings. The quantitative estimate of drug-likeness (QED) is 0.262. The maximum absolute atomic E-state index is 13.0. The van der Waals surface area contributed by atoms with Gasteiger partial charge >= 0.3 is 0 Å². The summed E-state index contributed by atoms with van der Waals surface area (Å²) in [5, 5.41) is 10.4. The molecule has 0 aliphatic rings. The van der Waals surface area contributed by atoms with Gasteiger partial charge in [-0.05, 0) is 17.7 Å². The van der Waals surface area contributed by atoms with Crippen molar-refractivity contribution in [2.45, 2.75) is 10.1 Å². The predicted molar refractivity (Wildman–Crippen MR) is 98.9 cm³/mol. The van der Waals surface area contributed by atoms with Crippen molar-refractivity contribution in [3.63, 3.8) is 0 Å². The number of nitro groups is 1. The summed E-state index contributed by atoms with van der Waals surface area (Å²) in [5.41, 5.74) is 1.38. The van der Waals surface area contributed by atoms with Crippen molar-refractivity contribution in [3.05, 3.63) is 106 Å². The summed E-state index contributed by atoms with van der Waals surface area (Å²) in [7, 11) is 0. The Morgan fingerprint density at radius 2 is 1.40 bits per heavy atom. The zero-order valence-corrected chi connectivity index (χ0v) is 14.1. The highest BCUT2D eigenvalue weighted by Gasteiger charge is 2.24. The molecule has 0 spiro atoms. The maximum Gasteiger partial charge on any atom is 0.269 e. The van der Waals surface area contributed by atoms with Gasteiger partial charge in [0.15, 0.2) is 5.78 Å². The minimum atomic E-state index is -0.467. The smallest absolute Gasteiger partial charge is 0.269 e. The molecule has 3 aromatic rings. The lowest BCUT2D eigenvalue weighted by Gasteiger charge is -2.16. The molecule has 1 unspecified atom stereocenters. The number of non-ortho nitro benzene ring substituents is 1. The van der Waals surface area contributed by atoms with Gasteiger partial charge in [-0.25, -0.2) is 0 Å². The van der Waals surface area contributed by atoms with Crippen LogP contribution in [-0.2, 0) is 0 Å². The first-order valence-corrected chi connectivity index (χ1v) is 8.58. The monoisotopic (exact) mass is 349 g/mol. The Morgan fingerprint density at radius 3 is 1.96 bits per heavy atom. The first-order valence-electron chi connectivity index (χ1n) is 7.70. The zero-order chi connectivity index (χ0) is 17.6. The molecule has 0 amide bonds. The van der Waals surface area contributed by atoms with Crippen molar-refractivity contribution < 1.29 is 9.72 Å². The lowest BCUT2D eigenvalue weighted by molar-refractivity contribution is -0.384. The highest BCUT2D eigenvalue weighted by molar-refractivity contribution is 8.00. The molecule has 5 heteroatoms. The number of carbonyl (C=O) groups excluding carboxylic acids is 1. The molecule has 0 N–H and O–H groups in total. The molecule has 3 aromatic carbocycles. The molecule has 3 rings (SSSR count). The van der Waals surface area contributed by atoms with Gasteiger partial charge in [-0.15, -0.1) is 11.8 Å². The molecule has 124 valence electrons. The van der Waals surface area contributed by atoms with Crippen LogP contribution in [0.5, 0.6) is 0 Å². The van der Waals surface area contributed by atoms with Crippen molar-refractivity contribution in [1.82, 2.24) is 0 Å². The van der Waals surface area contributed by atoms with E-state index in [1.165, 1.54) is 23.9 Å². The molecule has 25 heavy (non-hydrogen) atoms. The first kappa shape index (κ1) is 16.9. The Bertz CT molecular complexity index is 864. The van der Waals surface area contributed by atoms with E-state index in [0.29, 0.717) is 5.56 Å². The summed E-state index contributed by atoms with van der Waals surface area (Å²) in [5.74, 6) is -0.0247. The first-order chi connectivity index (χ1) is 12.1. The van der Waals surface area contributed by atoms with Gasteiger partial charge in [-0.2, -0.15) is 0 Å². The van der Waals surface area contributed by atoms with Crippen LogP contribution in [0.15, 0.2) is 89.8 Å². The van der Waals surface area contributed by atoms with Gasteiger partial charge in [0.2, 0.25) is 0 Å². The number of nitro benzene ring substituents is 1. The van der Waals surface area contributed by atoms with Crippen molar-refractivity contribution in [2.24, 2.45) is 0 Å². The van der Waals surface area contributed by atoms with Crippen LogP contribution in [0.3, 0.4) is 0 Å². The topological polar surface area (TPSA) is 60.2 Å². The second kappa shape index (κ2) is 7.77. The van der Waals surface area contributed by atoms with Gasteiger partial charge in [0.05, 0.1) is 10.2 Å². The number of carbonyl (C=O) groups is 1. The number of hydrogen-bond acceptors (Lipinski definition) is 4. The van der Waals surface area contributed by atoms with E-state index in [9.17, 15) is 14.9 Å². The van der Waals surface area contributed by atoms with Crippen LogP contribution >= 0.6 is 11.8 Å². The van der Waals surface area contributed by atoms with Crippen LogP contribution in [0.4, 0.5) is 5.69 Å². The fourth-order valence-corrected chi connectivity index (χ4v) is 3.56. The molecule has 0 saturated carbocycles. The summed E-state index contributed by atoms with van der Waals surface area (Å²) < 4.78 is 0. The molecule has 0 bridgehead atoms. The second-order valence-corrected chi connectivity index (χ2v) is 6.57. The van der Waals surface area contributed by atoms with Gasteiger partial charge in [0.1, 0.15) is 0 Å². The normalized spacial score (nSPS) is 11.7. The lowest BCUT2D eigenvalue weighted by atomic mass is 10.0. The molecule has 0 aliphatic carbocycles. The average Bonchev–Trinajstić information content (AvgIpc) is 2.67. The van der Waals surface area contributed by atoms with Gasteiger partial charge in [0, 0.05) is 22.6 Å². The van der Waals surface area contributed by atoms with Gasteiger partial charge in [-0.1, -0.05) is 60.7 Å². The van der Waals surface area contributed by atoms with E-state index in [1.807, 2.05) is 48.5 Å². The Hall–Kier alpha value is -2.92. The number of hydrogen-bond donors (Lipinski definition) is 0. The Balaban J connectivity index is 1.96. The maximum atomic E-state index is 13.0. The van der Waals surface area contributed by atoms with Crippen LogP contribution in [0.2, 0.25) is 0 Å². The van der Waals surface area contributed by atoms with E-state index in [4.69, 9.17) is 0 Å². The number of ketones is 1. The molecule has 4 nitrogen and oxygen atoms in total. The minimum Gasteiger partial charge on any atom is -0.293 e. The van der Waals surface area contributed by atoms with E-state index in [0.717, 1.165) is 10.5 Å². The van der Waals surface area contributed by atoms with Crippen LogP contribution in [0.25, 0.3) is 0 Å². The summed E-state index contributed by atoms with van der Waals surface area (Å²) in [6, 6.07) is 24.9. The minimum absolute atomic E-state index is 0.0133. The summed E-state index contributed by atoms with van der Waals surface area (Å²) >= 11 is 1.44. The SMILES string of the molecule is O=C(c1ccccc1)C(Sc1ccccc1)c1ccc([N+](=O)[O-])cc1. The molecule has 0 aromatic heterocycles. The summed E-state index contributed by atoms with van der Waals surface area (Å²) in [6.07, 6.45) is 0. The van der Waals surface area contributed by atoms with E-state index in [1.54, 1.807) is 24.3 Å². The number of rotatable bonds is 6. The lowest BCUT2D eigenvalue weighted by Crippen LogP contribution is -2.10. The van der Waals surface area contributed by atoms with Crippen molar-refractivity contribution in [2.75, 3.05) is 0 Å². The largest absolute Gasteiger partial charge is 0.293 e. The van der Waals surface area contributed by atoms with E-state index < -0.39 is 10.2 Å². The third-order valence-corrected chi connectivity index (χ3v) is 4.97. The number of thioether (sulfide) groups is 1. The van der Waals surface area contributed by atoms with Crippen molar-refractivity contribution >= 4 is 23.2 Å². The summed E-state index contributed by atoms with van der Waals surface area (Å²) in [6.45, 7) is 0. The molecule has 0 heterocycles. The number of nitrogens with zero attached hydrogens (tertiary/aromatic N) is 1. The second-order valence-electron chi connectivity index (χ2n) is 5.39. The zero-order valence-electron chi connectivity index (χ0n) is 13.2. The van der Waals surface area contributed by atoms with Gasteiger partial charge < -0.3 is 0 Å². The molecule has 0 saturated heterocycles. The fraction of sp³-hybridized carbons (Fsp3) is 0.0500. The van der Waals surface area contributed by atoms with Crippen LogP contribution in [0.1, 0.15) is 21.2 Å². The Morgan fingerprint density at radius 1 is 0.840 bits per heavy atom. The highest BCUT2D eigenvalue weighted by Crippen LogP contribution is 2.38. The van der Waals surface area contributed by atoms with Gasteiger partial charge in [-0.3, -0.25) is 14.9 Å². The average molecular weight is 349 g/mol. The summed E-state index contributed by atoms with van der Waals surface area (Å²) in [4.78, 5) is 24.4. The third-order valence-electron chi connectivity index (χ3n) is 3.70. The fourth-order valence-electron chi connectivity index (χ4n) is 2.43. The number of benzene rings is 3. The molecule has 0 aliphatic heterocycles. The van der Waals surface area contributed by atoms with E-state index in [-0.39, 0.29) is 11.5 Å². The predicted octanol–water partition coefficient (Wildman–Crippen LogP) is 5.31. The Labute approximate surface area is 149 Å². The molecular formula is C20H15NO3S. The molecular weight excluding hydrogens is 334 g/mol. The van der Waals surface area contributed by atoms with Crippen molar-refractivity contribution in [1.29, 1.82) is 0 Å². The Kier molecular flexibility index (Phi) is 5.26. The van der Waals surface area contributed by atoms with E-state index in [2.05, 4.69) is 0 Å². The van der Waals surface area contributed by atoms with E-state index >= 15 is 0 Å². The van der Waals surface area contributed by atoms with Crippen molar-refractivity contribution in [3.8, 4) is 0 Å². The highest BCUT2D eigenvalue weighted by atomic mass is 32.2. The van der Waals surface area contributed by atoms with Gasteiger partial charge in [0.25, 0.3) is 5.69 Å². The third kappa shape index (κ3) is 4.14. The van der Waals surface area contributed by atoms with Crippen LogP contribution in [-0.4, -0.2) is 10.7 Å². The molecule has 0 radical (unpaired) electrons. The standard InChI is InChI=1S/C20H15NO3S/c22-19(15-7-3-1-4-8-15)20(25-18-9-5-2-6-10-18)16-11-13-17(14-12-16)21(23)24/h1-14,20H. The molecule has 1 atom stereocenters. The number of Topliss-reactive ketones (excluding diaryl/α,β-unsaturated/α-hetero) is 1. The van der Waals surface area contributed by atoms with Crippen LogP contribution < -0.4 is 0 Å².